The van der Waals surface area contributed by atoms with Crippen molar-refractivity contribution < 1.29 is 14.3 Å². The minimum atomic E-state index is -0.703. The third-order valence-corrected chi connectivity index (χ3v) is 2.47. The molecule has 0 amide bonds. The summed E-state index contributed by atoms with van der Waals surface area (Å²) in [5, 5.41) is 0. The van der Waals surface area contributed by atoms with Crippen molar-refractivity contribution in [2.75, 3.05) is 13.2 Å². The van der Waals surface area contributed by atoms with Crippen LogP contribution in [0.4, 0.5) is 0 Å². The van der Waals surface area contributed by atoms with Gasteiger partial charge in [0, 0.05) is 6.61 Å². The van der Waals surface area contributed by atoms with Gasteiger partial charge in [0.15, 0.2) is 0 Å². The summed E-state index contributed by atoms with van der Waals surface area (Å²) in [4.78, 5) is 11.6. The molecule has 18 heavy (non-hydrogen) atoms. The van der Waals surface area contributed by atoms with Crippen LogP contribution in [-0.4, -0.2) is 25.2 Å². The number of rotatable bonds is 8. The number of hydrogen-bond acceptors (Lipinski definition) is 4. The fourth-order valence-corrected chi connectivity index (χ4v) is 1.36. The van der Waals surface area contributed by atoms with E-state index in [1.165, 1.54) is 0 Å². The average Bonchev–Trinajstić information content (AvgIpc) is 2.42. The Bertz CT molecular complexity index is 340. The zero-order valence-corrected chi connectivity index (χ0v) is 10.8. The van der Waals surface area contributed by atoms with Crippen LogP contribution in [0.15, 0.2) is 30.3 Å². The van der Waals surface area contributed by atoms with Crippen molar-refractivity contribution in [3.63, 3.8) is 0 Å². The predicted octanol–water partition coefficient (Wildman–Crippen LogP) is 1.87. The number of carbonyl (C=O) groups is 1. The Morgan fingerprint density at radius 3 is 2.72 bits per heavy atom. The molecular formula is C14H21NO3. The summed E-state index contributed by atoms with van der Waals surface area (Å²) in [6, 6.07) is 8.81. The highest BCUT2D eigenvalue weighted by molar-refractivity contribution is 5.75. The Morgan fingerprint density at radius 1 is 1.33 bits per heavy atom. The second-order valence-corrected chi connectivity index (χ2v) is 4.13. The summed E-state index contributed by atoms with van der Waals surface area (Å²) in [7, 11) is 0. The van der Waals surface area contributed by atoms with Crippen molar-refractivity contribution in [3.8, 4) is 0 Å². The number of unbranched alkanes of at least 4 members (excludes halogenated alkanes) is 1. The first-order valence-corrected chi connectivity index (χ1v) is 6.28. The second-order valence-electron chi connectivity index (χ2n) is 4.13. The topological polar surface area (TPSA) is 61.5 Å². The summed E-state index contributed by atoms with van der Waals surface area (Å²) in [5.74, 6) is -0.421. The Hall–Kier alpha value is -1.39. The molecule has 1 aromatic rings. The molecule has 0 heterocycles. The van der Waals surface area contributed by atoms with E-state index in [-0.39, 0.29) is 13.2 Å². The van der Waals surface area contributed by atoms with Crippen LogP contribution < -0.4 is 5.73 Å². The van der Waals surface area contributed by atoms with E-state index in [1.807, 2.05) is 30.3 Å². The van der Waals surface area contributed by atoms with E-state index in [0.29, 0.717) is 6.61 Å². The third kappa shape index (κ3) is 5.80. The summed E-state index contributed by atoms with van der Waals surface area (Å²) >= 11 is 0. The van der Waals surface area contributed by atoms with E-state index >= 15 is 0 Å². The fourth-order valence-electron chi connectivity index (χ4n) is 1.36. The average molecular weight is 251 g/mol. The molecule has 0 aromatic heterocycles. The molecule has 0 spiro atoms. The number of hydrogen-bond donors (Lipinski definition) is 1. The Morgan fingerprint density at radius 2 is 2.06 bits per heavy atom. The molecule has 0 saturated carbocycles. The zero-order chi connectivity index (χ0) is 13.2. The van der Waals surface area contributed by atoms with Crippen molar-refractivity contribution >= 4 is 5.97 Å². The van der Waals surface area contributed by atoms with Crippen molar-refractivity contribution in [1.82, 2.24) is 0 Å². The molecule has 0 aliphatic rings. The maximum absolute atomic E-state index is 11.6. The molecule has 0 bridgehead atoms. The van der Waals surface area contributed by atoms with Crippen LogP contribution in [0.3, 0.4) is 0 Å². The highest BCUT2D eigenvalue weighted by Crippen LogP contribution is 2.01. The van der Waals surface area contributed by atoms with E-state index in [1.54, 1.807) is 0 Å². The van der Waals surface area contributed by atoms with Gasteiger partial charge in [-0.05, 0) is 12.0 Å². The number of benzene rings is 1. The van der Waals surface area contributed by atoms with Crippen LogP contribution >= 0.6 is 0 Å². The zero-order valence-electron chi connectivity index (χ0n) is 10.8. The molecule has 0 aliphatic carbocycles. The van der Waals surface area contributed by atoms with Gasteiger partial charge >= 0.3 is 5.97 Å². The number of ether oxygens (including phenoxy) is 2. The first kappa shape index (κ1) is 14.7. The summed E-state index contributed by atoms with van der Waals surface area (Å²) in [5.41, 5.74) is 6.61. The van der Waals surface area contributed by atoms with Gasteiger partial charge in [-0.25, -0.2) is 0 Å². The molecule has 100 valence electrons. The van der Waals surface area contributed by atoms with Crippen LogP contribution in [-0.2, 0) is 20.9 Å². The summed E-state index contributed by atoms with van der Waals surface area (Å²) in [6.45, 7) is 3.18. The first-order chi connectivity index (χ1) is 8.74. The highest BCUT2D eigenvalue weighted by Gasteiger charge is 2.15. The van der Waals surface area contributed by atoms with E-state index < -0.39 is 12.0 Å². The lowest BCUT2D eigenvalue weighted by Gasteiger charge is -2.11. The lowest BCUT2D eigenvalue weighted by atomic mass is 10.2. The van der Waals surface area contributed by atoms with Crippen molar-refractivity contribution in [3.05, 3.63) is 35.9 Å². The van der Waals surface area contributed by atoms with Crippen LogP contribution in [0.1, 0.15) is 25.3 Å². The maximum Gasteiger partial charge on any atom is 0.325 e. The van der Waals surface area contributed by atoms with Crippen LogP contribution in [0.5, 0.6) is 0 Å². The van der Waals surface area contributed by atoms with E-state index in [4.69, 9.17) is 15.2 Å². The Balaban J connectivity index is 2.19. The summed E-state index contributed by atoms with van der Waals surface area (Å²) in [6.07, 6.45) is 2.04. The number of nitrogens with two attached hydrogens (primary N) is 1. The second kappa shape index (κ2) is 8.66. The largest absolute Gasteiger partial charge is 0.460 e. The van der Waals surface area contributed by atoms with Crippen molar-refractivity contribution in [1.29, 1.82) is 0 Å². The molecule has 0 unspecified atom stereocenters. The lowest BCUT2D eigenvalue weighted by molar-refractivity contribution is -0.148. The molecule has 0 radical (unpaired) electrons. The predicted molar refractivity (Wildman–Crippen MR) is 69.9 cm³/mol. The van der Waals surface area contributed by atoms with E-state index in [0.717, 1.165) is 18.4 Å². The maximum atomic E-state index is 11.6. The quantitative estimate of drug-likeness (QED) is 0.566. The van der Waals surface area contributed by atoms with Gasteiger partial charge in [-0.15, -0.1) is 0 Å². The van der Waals surface area contributed by atoms with Crippen LogP contribution in [0, 0.1) is 0 Å². The molecule has 4 heteroatoms. The lowest BCUT2D eigenvalue weighted by Crippen LogP contribution is -2.36. The third-order valence-electron chi connectivity index (χ3n) is 2.47. The molecule has 0 saturated heterocycles. The first-order valence-electron chi connectivity index (χ1n) is 6.28. The van der Waals surface area contributed by atoms with Crippen molar-refractivity contribution in [2.45, 2.75) is 32.4 Å². The number of esters is 1. The molecular weight excluding hydrogens is 230 g/mol. The molecule has 1 rings (SSSR count). The number of carbonyl (C=O) groups excluding carboxylic acids is 1. The minimum absolute atomic E-state index is 0.216. The molecule has 0 aliphatic heterocycles. The monoisotopic (exact) mass is 251 g/mol. The van der Waals surface area contributed by atoms with Gasteiger partial charge in [0.1, 0.15) is 12.6 Å². The molecule has 0 fully saturated rings. The Labute approximate surface area is 108 Å². The summed E-state index contributed by atoms with van der Waals surface area (Å²) < 4.78 is 10.4. The molecule has 2 N–H and O–H groups in total. The van der Waals surface area contributed by atoms with Crippen molar-refractivity contribution in [2.24, 2.45) is 5.73 Å². The van der Waals surface area contributed by atoms with Gasteiger partial charge in [0.25, 0.3) is 0 Å². The minimum Gasteiger partial charge on any atom is -0.460 e. The van der Waals surface area contributed by atoms with Gasteiger partial charge in [0.05, 0.1) is 6.61 Å². The van der Waals surface area contributed by atoms with Gasteiger partial charge in [0.2, 0.25) is 0 Å². The van der Waals surface area contributed by atoms with Gasteiger partial charge in [-0.2, -0.15) is 0 Å². The molecule has 4 nitrogen and oxygen atoms in total. The fraction of sp³-hybridized carbons (Fsp3) is 0.500. The van der Waals surface area contributed by atoms with Gasteiger partial charge < -0.3 is 15.2 Å². The molecule has 1 atom stereocenters. The smallest absolute Gasteiger partial charge is 0.325 e. The standard InChI is InChI=1S/C14H21NO3/c1-2-3-9-17-11-13(15)14(16)18-10-12-7-5-4-6-8-12/h4-8,13H,2-3,9-11,15H2,1H3/t13-/m0/s1. The molecule has 1 aromatic carbocycles. The van der Waals surface area contributed by atoms with Crippen LogP contribution in [0.2, 0.25) is 0 Å². The van der Waals surface area contributed by atoms with E-state index in [9.17, 15) is 4.79 Å². The SMILES string of the molecule is CCCCOC[C@H](N)C(=O)OCc1ccccc1. The van der Waals surface area contributed by atoms with Gasteiger partial charge in [-0.1, -0.05) is 43.7 Å². The van der Waals surface area contributed by atoms with Gasteiger partial charge in [-0.3, -0.25) is 4.79 Å². The normalized spacial score (nSPS) is 12.1. The van der Waals surface area contributed by atoms with E-state index in [2.05, 4.69) is 6.92 Å². The Kier molecular flexibility index (Phi) is 7.06. The highest BCUT2D eigenvalue weighted by atomic mass is 16.5. The van der Waals surface area contributed by atoms with Crippen LogP contribution in [0.25, 0.3) is 0 Å².